The Balaban J connectivity index is 1.73. The van der Waals surface area contributed by atoms with E-state index in [2.05, 4.69) is 34.4 Å². The third-order valence-corrected chi connectivity index (χ3v) is 5.30. The van der Waals surface area contributed by atoms with Crippen molar-refractivity contribution in [2.45, 2.75) is 33.6 Å². The topological polar surface area (TPSA) is 56.9 Å². The summed E-state index contributed by atoms with van der Waals surface area (Å²) in [4.78, 5) is 4.43. The van der Waals surface area contributed by atoms with Gasteiger partial charge in [-0.3, -0.25) is 9.47 Å². The lowest BCUT2D eigenvalue weighted by Gasteiger charge is -2.27. The van der Waals surface area contributed by atoms with Gasteiger partial charge in [-0.1, -0.05) is 6.07 Å². The van der Waals surface area contributed by atoms with Crippen molar-refractivity contribution in [1.82, 2.24) is 19.2 Å². The lowest BCUT2D eigenvalue weighted by atomic mass is 10.2. The number of methoxy groups -OCH3 is 1. The molecule has 1 saturated heterocycles. The monoisotopic (exact) mass is 421 g/mol. The lowest BCUT2D eigenvalue weighted by molar-refractivity contribution is 0.121. The molecule has 1 fully saturated rings. The molecule has 0 spiro atoms. The van der Waals surface area contributed by atoms with E-state index in [-0.39, 0.29) is 0 Å². The van der Waals surface area contributed by atoms with Crippen LogP contribution in [0.5, 0.6) is 11.5 Å². The van der Waals surface area contributed by atoms with Crippen molar-refractivity contribution >= 4 is 18.2 Å². The second-order valence-electron chi connectivity index (χ2n) is 7.00. The lowest BCUT2D eigenvalue weighted by Crippen LogP contribution is -2.38. The van der Waals surface area contributed by atoms with Gasteiger partial charge in [0.2, 0.25) is 10.7 Å². The van der Waals surface area contributed by atoms with Crippen LogP contribution in [0, 0.1) is 4.77 Å². The number of anilines is 1. The summed E-state index contributed by atoms with van der Waals surface area (Å²) in [6.07, 6.45) is 0. The molecular formula is C20H31N5O3S. The molecule has 0 radical (unpaired) electrons. The molecule has 0 N–H and O–H groups in total. The molecule has 0 bridgehead atoms. The van der Waals surface area contributed by atoms with Gasteiger partial charge in [0.25, 0.3) is 0 Å². The van der Waals surface area contributed by atoms with Crippen LogP contribution in [0.3, 0.4) is 0 Å². The standard InChI is InChI=1S/C20H31N5O3S/c1-5-24-19(23-9-11-27-12-10-23)21-25(20(24)29)15-22(3)14-16-7-8-17(28-6-2)18(13-16)26-4/h7-8,13H,5-6,9-12,14-15H2,1-4H3. The van der Waals surface area contributed by atoms with E-state index in [0.29, 0.717) is 13.3 Å². The van der Waals surface area contributed by atoms with Crippen molar-refractivity contribution in [3.05, 3.63) is 28.5 Å². The van der Waals surface area contributed by atoms with Crippen molar-refractivity contribution in [3.8, 4) is 11.5 Å². The highest BCUT2D eigenvalue weighted by atomic mass is 32.1. The van der Waals surface area contributed by atoms with Gasteiger partial charge < -0.3 is 19.1 Å². The van der Waals surface area contributed by atoms with Crippen LogP contribution in [0.25, 0.3) is 0 Å². The summed E-state index contributed by atoms with van der Waals surface area (Å²) in [6, 6.07) is 6.04. The van der Waals surface area contributed by atoms with Crippen molar-refractivity contribution < 1.29 is 14.2 Å². The van der Waals surface area contributed by atoms with Crippen molar-refractivity contribution in [2.75, 3.05) is 52.0 Å². The number of rotatable bonds is 9. The largest absolute Gasteiger partial charge is 0.493 e. The molecule has 1 aromatic carbocycles. The highest BCUT2D eigenvalue weighted by molar-refractivity contribution is 7.71. The first-order valence-electron chi connectivity index (χ1n) is 10.1. The molecule has 0 amide bonds. The van der Waals surface area contributed by atoms with Crippen molar-refractivity contribution in [2.24, 2.45) is 0 Å². The Kier molecular flexibility index (Phi) is 7.51. The Morgan fingerprint density at radius 3 is 2.62 bits per heavy atom. The SMILES string of the molecule is CCOc1ccc(CN(C)Cn2nc(N3CCOCC3)n(CC)c2=S)cc1OC. The first-order valence-corrected chi connectivity index (χ1v) is 10.5. The molecule has 1 aromatic heterocycles. The summed E-state index contributed by atoms with van der Waals surface area (Å²) in [5, 5.41) is 4.82. The van der Waals surface area contributed by atoms with E-state index in [0.717, 1.165) is 67.2 Å². The number of morpholine rings is 1. The minimum absolute atomic E-state index is 0.610. The Morgan fingerprint density at radius 2 is 1.97 bits per heavy atom. The van der Waals surface area contributed by atoms with Crippen molar-refractivity contribution in [3.63, 3.8) is 0 Å². The van der Waals surface area contributed by atoms with Gasteiger partial charge in [0.1, 0.15) is 0 Å². The van der Waals surface area contributed by atoms with Crippen LogP contribution in [0.2, 0.25) is 0 Å². The van der Waals surface area contributed by atoms with Gasteiger partial charge in [0.05, 0.1) is 33.6 Å². The Morgan fingerprint density at radius 1 is 1.21 bits per heavy atom. The zero-order valence-electron chi connectivity index (χ0n) is 17.8. The first kappa shape index (κ1) is 21.6. The minimum atomic E-state index is 0.610. The molecular weight excluding hydrogens is 390 g/mol. The smallest absolute Gasteiger partial charge is 0.226 e. The van der Waals surface area contributed by atoms with E-state index >= 15 is 0 Å². The maximum Gasteiger partial charge on any atom is 0.226 e. The quantitative estimate of drug-likeness (QED) is 0.577. The number of nitrogens with zero attached hydrogens (tertiary/aromatic N) is 5. The zero-order chi connectivity index (χ0) is 20.8. The van der Waals surface area contributed by atoms with E-state index in [1.165, 1.54) is 0 Å². The van der Waals surface area contributed by atoms with Crippen LogP contribution in [-0.2, 0) is 24.5 Å². The normalized spacial score (nSPS) is 14.4. The molecule has 1 aliphatic heterocycles. The van der Waals surface area contributed by atoms with Crippen LogP contribution in [-0.4, -0.2) is 66.3 Å². The van der Waals surface area contributed by atoms with Crippen molar-refractivity contribution in [1.29, 1.82) is 0 Å². The number of hydrogen-bond donors (Lipinski definition) is 0. The molecule has 3 rings (SSSR count). The summed E-state index contributed by atoms with van der Waals surface area (Å²) in [7, 11) is 3.72. The number of benzene rings is 1. The van der Waals surface area contributed by atoms with E-state index < -0.39 is 0 Å². The summed E-state index contributed by atoms with van der Waals surface area (Å²) >= 11 is 5.69. The molecule has 1 aliphatic rings. The molecule has 9 heteroatoms. The predicted octanol–water partition coefficient (Wildman–Crippen LogP) is 2.77. The second kappa shape index (κ2) is 10.1. The summed E-state index contributed by atoms with van der Waals surface area (Å²) < 4.78 is 21.3. The average molecular weight is 422 g/mol. The molecule has 29 heavy (non-hydrogen) atoms. The molecule has 2 heterocycles. The molecule has 160 valence electrons. The van der Waals surface area contributed by atoms with Crippen LogP contribution < -0.4 is 14.4 Å². The van der Waals surface area contributed by atoms with E-state index in [4.69, 9.17) is 31.5 Å². The van der Waals surface area contributed by atoms with Gasteiger partial charge in [-0.05, 0) is 50.8 Å². The van der Waals surface area contributed by atoms with Gasteiger partial charge in [-0.15, -0.1) is 5.10 Å². The number of hydrogen-bond acceptors (Lipinski definition) is 7. The molecule has 0 atom stereocenters. The molecule has 2 aromatic rings. The second-order valence-corrected chi connectivity index (χ2v) is 7.36. The van der Waals surface area contributed by atoms with Crippen LogP contribution in [0.15, 0.2) is 18.2 Å². The van der Waals surface area contributed by atoms with Gasteiger partial charge in [0.15, 0.2) is 11.5 Å². The van der Waals surface area contributed by atoms with E-state index in [1.54, 1.807) is 7.11 Å². The third kappa shape index (κ3) is 5.09. The van der Waals surface area contributed by atoms with Gasteiger partial charge >= 0.3 is 0 Å². The fraction of sp³-hybridized carbons (Fsp3) is 0.600. The molecule has 0 unspecified atom stereocenters. The zero-order valence-corrected chi connectivity index (χ0v) is 18.6. The summed E-state index contributed by atoms with van der Waals surface area (Å²) in [5.74, 6) is 2.44. The Hall–Kier alpha value is -2.10. The maximum atomic E-state index is 5.69. The number of aromatic nitrogens is 3. The predicted molar refractivity (Wildman–Crippen MR) is 115 cm³/mol. The summed E-state index contributed by atoms with van der Waals surface area (Å²) in [6.45, 7) is 9.96. The highest BCUT2D eigenvalue weighted by Gasteiger charge is 2.19. The highest BCUT2D eigenvalue weighted by Crippen LogP contribution is 2.28. The minimum Gasteiger partial charge on any atom is -0.493 e. The van der Waals surface area contributed by atoms with Crippen LogP contribution in [0.1, 0.15) is 19.4 Å². The van der Waals surface area contributed by atoms with Gasteiger partial charge in [-0.2, -0.15) is 0 Å². The molecule has 0 saturated carbocycles. The average Bonchev–Trinajstić information content (AvgIpc) is 3.05. The van der Waals surface area contributed by atoms with Crippen LogP contribution in [0.4, 0.5) is 5.95 Å². The van der Waals surface area contributed by atoms with Crippen LogP contribution >= 0.6 is 12.2 Å². The fourth-order valence-electron chi connectivity index (χ4n) is 3.47. The van der Waals surface area contributed by atoms with E-state index in [1.807, 2.05) is 23.7 Å². The first-order chi connectivity index (χ1) is 14.1. The van der Waals surface area contributed by atoms with E-state index in [9.17, 15) is 0 Å². The Labute approximate surface area is 177 Å². The molecule has 0 aliphatic carbocycles. The third-order valence-electron chi connectivity index (χ3n) is 4.87. The van der Waals surface area contributed by atoms with Gasteiger partial charge in [-0.25, -0.2) is 4.68 Å². The summed E-state index contributed by atoms with van der Waals surface area (Å²) in [5.41, 5.74) is 1.14. The number of ether oxygens (including phenoxy) is 3. The molecule has 8 nitrogen and oxygen atoms in total. The fourth-order valence-corrected chi connectivity index (χ4v) is 3.78. The Bertz CT molecular complexity index is 860. The maximum absolute atomic E-state index is 5.69. The van der Waals surface area contributed by atoms with Gasteiger partial charge in [0, 0.05) is 26.2 Å².